The lowest BCUT2D eigenvalue weighted by Crippen LogP contribution is -2.28. The molecule has 2 atom stereocenters. The molecule has 3 heteroatoms. The van der Waals surface area contributed by atoms with E-state index < -0.39 is 0 Å². The van der Waals surface area contributed by atoms with E-state index in [4.69, 9.17) is 9.15 Å². The molecule has 0 saturated carbocycles. The van der Waals surface area contributed by atoms with Gasteiger partial charge in [-0.3, -0.25) is 4.79 Å². The zero-order valence-corrected chi connectivity index (χ0v) is 15.8. The second-order valence-electron chi connectivity index (χ2n) is 7.34. The molecule has 1 aromatic heterocycles. The number of Topliss-reactive ketones (excluding diaryl/α,β-unsaturated/α-hetero) is 1. The fourth-order valence-corrected chi connectivity index (χ4v) is 4.15. The molecule has 0 saturated heterocycles. The molecule has 0 amide bonds. The van der Waals surface area contributed by atoms with Gasteiger partial charge in [0, 0.05) is 17.1 Å². The molecule has 0 radical (unpaired) electrons. The summed E-state index contributed by atoms with van der Waals surface area (Å²) in [6.45, 7) is 4.00. The molecule has 0 N–H and O–H groups in total. The van der Waals surface area contributed by atoms with Gasteiger partial charge >= 0.3 is 0 Å². The number of hydrogen-bond acceptors (Lipinski definition) is 3. The van der Waals surface area contributed by atoms with Crippen molar-refractivity contribution >= 4 is 11.4 Å². The molecule has 3 aromatic rings. The maximum atomic E-state index is 13.5. The summed E-state index contributed by atoms with van der Waals surface area (Å²) >= 11 is 0. The van der Waals surface area contributed by atoms with Crippen molar-refractivity contribution in [2.45, 2.75) is 25.9 Å². The normalized spacial score (nSPS) is 20.9. The van der Waals surface area contributed by atoms with Gasteiger partial charge in [-0.2, -0.15) is 0 Å². The standard InChI is InChI=1S/C25H20O3/c1-15-24-20(13-19(16(2)28-24)17-9-5-3-6-10-17)23(26)22-21(14-27-25(15)22)18-11-7-4-8-12-18/h3-14,16,19H,1-2H3. The van der Waals surface area contributed by atoms with Crippen molar-refractivity contribution in [2.24, 2.45) is 0 Å². The summed E-state index contributed by atoms with van der Waals surface area (Å²) in [7, 11) is 0. The molecule has 138 valence electrons. The van der Waals surface area contributed by atoms with Crippen LogP contribution in [-0.4, -0.2) is 11.9 Å². The van der Waals surface area contributed by atoms with E-state index in [1.807, 2.05) is 62.4 Å². The van der Waals surface area contributed by atoms with E-state index in [1.54, 1.807) is 6.26 Å². The first-order chi connectivity index (χ1) is 13.6. The molecule has 1 aliphatic heterocycles. The first-order valence-corrected chi connectivity index (χ1v) is 9.52. The van der Waals surface area contributed by atoms with E-state index in [9.17, 15) is 4.79 Å². The van der Waals surface area contributed by atoms with Crippen LogP contribution in [0.5, 0.6) is 0 Å². The van der Waals surface area contributed by atoms with E-state index in [1.165, 1.54) is 0 Å². The summed E-state index contributed by atoms with van der Waals surface area (Å²) in [5.74, 6) is 1.26. The number of fused-ring (bicyclic) bond motifs is 2. The predicted octanol–water partition coefficient (Wildman–Crippen LogP) is 6.00. The van der Waals surface area contributed by atoms with Gasteiger partial charge in [-0.05, 0) is 25.0 Å². The Morgan fingerprint density at radius 2 is 1.61 bits per heavy atom. The number of allylic oxidation sites excluding steroid dienone is 2. The average molecular weight is 368 g/mol. The topological polar surface area (TPSA) is 39.4 Å². The molecular weight excluding hydrogens is 348 g/mol. The second-order valence-corrected chi connectivity index (χ2v) is 7.34. The minimum absolute atomic E-state index is 0.0314. The smallest absolute Gasteiger partial charge is 0.200 e. The van der Waals surface area contributed by atoms with Crippen molar-refractivity contribution < 1.29 is 13.9 Å². The lowest BCUT2D eigenvalue weighted by atomic mass is 9.81. The highest BCUT2D eigenvalue weighted by atomic mass is 16.5. The lowest BCUT2D eigenvalue weighted by Gasteiger charge is -2.33. The summed E-state index contributed by atoms with van der Waals surface area (Å²) in [5.41, 5.74) is 5.09. The third-order valence-electron chi connectivity index (χ3n) is 5.61. The first-order valence-electron chi connectivity index (χ1n) is 9.52. The number of benzene rings is 2. The Balaban J connectivity index is 1.67. The molecule has 28 heavy (non-hydrogen) atoms. The minimum Gasteiger partial charge on any atom is -0.489 e. The van der Waals surface area contributed by atoms with Crippen LogP contribution in [0.3, 0.4) is 0 Å². The van der Waals surface area contributed by atoms with Gasteiger partial charge in [-0.25, -0.2) is 0 Å². The third-order valence-corrected chi connectivity index (χ3v) is 5.61. The maximum Gasteiger partial charge on any atom is 0.200 e. The first kappa shape index (κ1) is 16.8. The highest BCUT2D eigenvalue weighted by Crippen LogP contribution is 2.45. The quantitative estimate of drug-likeness (QED) is 0.557. The zero-order chi connectivity index (χ0) is 19.3. The van der Waals surface area contributed by atoms with E-state index in [0.717, 1.165) is 22.3 Å². The Bertz CT molecular complexity index is 1120. The SMILES string of the molecule is CC1=C2OC(C)C(c3ccccc3)C=C2C(=O)c2c(-c3ccccc3)coc21. The molecule has 2 heterocycles. The summed E-state index contributed by atoms with van der Waals surface area (Å²) in [4.78, 5) is 13.5. The van der Waals surface area contributed by atoms with Gasteiger partial charge in [0.25, 0.3) is 0 Å². The summed E-state index contributed by atoms with van der Waals surface area (Å²) in [5, 5.41) is 0. The number of ketones is 1. The second kappa shape index (κ2) is 6.38. The lowest BCUT2D eigenvalue weighted by molar-refractivity contribution is 0.0928. The number of carbonyl (C=O) groups excluding carboxylic acids is 1. The van der Waals surface area contributed by atoms with Crippen molar-refractivity contribution in [2.75, 3.05) is 0 Å². The van der Waals surface area contributed by atoms with Crippen molar-refractivity contribution in [3.8, 4) is 11.1 Å². The minimum atomic E-state index is -0.0611. The van der Waals surface area contributed by atoms with Gasteiger partial charge in [-0.1, -0.05) is 66.7 Å². The Labute approximate surface area is 164 Å². The monoisotopic (exact) mass is 368 g/mol. The van der Waals surface area contributed by atoms with Crippen LogP contribution in [0.15, 0.2) is 88.8 Å². The molecule has 2 unspecified atom stereocenters. The van der Waals surface area contributed by atoms with Crippen LogP contribution < -0.4 is 0 Å². The highest BCUT2D eigenvalue weighted by Gasteiger charge is 2.39. The van der Waals surface area contributed by atoms with Crippen LogP contribution >= 0.6 is 0 Å². The third kappa shape index (κ3) is 2.47. The molecule has 0 fully saturated rings. The van der Waals surface area contributed by atoms with Crippen LogP contribution in [0.4, 0.5) is 0 Å². The molecular formula is C25H20O3. The van der Waals surface area contributed by atoms with Crippen molar-refractivity contribution in [3.63, 3.8) is 0 Å². The zero-order valence-electron chi connectivity index (χ0n) is 15.8. The largest absolute Gasteiger partial charge is 0.489 e. The van der Waals surface area contributed by atoms with Gasteiger partial charge in [0.2, 0.25) is 5.78 Å². The van der Waals surface area contributed by atoms with Gasteiger partial charge < -0.3 is 9.15 Å². The number of ether oxygens (including phenoxy) is 1. The summed E-state index contributed by atoms with van der Waals surface area (Å²) in [6, 6.07) is 20.1. The van der Waals surface area contributed by atoms with Crippen molar-refractivity contribution in [1.82, 2.24) is 0 Å². The fourth-order valence-electron chi connectivity index (χ4n) is 4.15. The summed E-state index contributed by atoms with van der Waals surface area (Å²) in [6.07, 6.45) is 3.68. The molecule has 0 bridgehead atoms. The van der Waals surface area contributed by atoms with Crippen LogP contribution in [0.1, 0.15) is 41.4 Å². The molecule has 1 aliphatic carbocycles. The average Bonchev–Trinajstić information content (AvgIpc) is 3.19. The van der Waals surface area contributed by atoms with Crippen molar-refractivity contribution in [3.05, 3.63) is 101 Å². The van der Waals surface area contributed by atoms with Crippen molar-refractivity contribution in [1.29, 1.82) is 0 Å². The van der Waals surface area contributed by atoms with E-state index >= 15 is 0 Å². The Hall–Kier alpha value is -3.33. The van der Waals surface area contributed by atoms with E-state index in [-0.39, 0.29) is 17.8 Å². The number of furan rings is 1. The molecule has 0 spiro atoms. The van der Waals surface area contributed by atoms with Crippen LogP contribution in [-0.2, 0) is 4.74 Å². The predicted molar refractivity (Wildman–Crippen MR) is 109 cm³/mol. The maximum absolute atomic E-state index is 13.5. The van der Waals surface area contributed by atoms with Gasteiger partial charge in [0.1, 0.15) is 17.6 Å². The van der Waals surface area contributed by atoms with Crippen LogP contribution in [0, 0.1) is 0 Å². The van der Waals surface area contributed by atoms with Gasteiger partial charge in [0.15, 0.2) is 0 Å². The Morgan fingerprint density at radius 3 is 2.32 bits per heavy atom. The van der Waals surface area contributed by atoms with Crippen LogP contribution in [0.2, 0.25) is 0 Å². The molecule has 3 nitrogen and oxygen atoms in total. The van der Waals surface area contributed by atoms with Crippen LogP contribution in [0.25, 0.3) is 16.7 Å². The van der Waals surface area contributed by atoms with E-state index in [0.29, 0.717) is 22.7 Å². The summed E-state index contributed by atoms with van der Waals surface area (Å²) < 4.78 is 12.1. The van der Waals surface area contributed by atoms with Gasteiger partial charge in [0.05, 0.1) is 17.4 Å². The van der Waals surface area contributed by atoms with Gasteiger partial charge in [-0.15, -0.1) is 0 Å². The Morgan fingerprint density at radius 1 is 0.929 bits per heavy atom. The fraction of sp³-hybridized carbons (Fsp3) is 0.160. The molecule has 2 aromatic carbocycles. The number of hydrogen-bond donors (Lipinski definition) is 0. The molecule has 5 rings (SSSR count). The highest BCUT2D eigenvalue weighted by molar-refractivity contribution is 6.20. The van der Waals surface area contributed by atoms with E-state index in [2.05, 4.69) is 18.2 Å². The number of carbonyl (C=O) groups is 1. The Kier molecular flexibility index (Phi) is 3.83. The molecule has 2 aliphatic rings. The number of rotatable bonds is 2.